The summed E-state index contributed by atoms with van der Waals surface area (Å²) in [5, 5.41) is 9.15. The summed E-state index contributed by atoms with van der Waals surface area (Å²) in [6, 6.07) is 4.80. The largest absolute Gasteiger partial charge is 0.478 e. The Kier molecular flexibility index (Phi) is 3.06. The van der Waals surface area contributed by atoms with Crippen LogP contribution in [0, 0.1) is 13.8 Å². The molecule has 0 aliphatic heterocycles. The van der Waals surface area contributed by atoms with E-state index in [1.165, 1.54) is 16.9 Å². The van der Waals surface area contributed by atoms with Crippen molar-refractivity contribution in [3.8, 4) is 0 Å². The molecule has 2 aromatic rings. The molecule has 0 saturated carbocycles. The van der Waals surface area contributed by atoms with E-state index in [1.54, 1.807) is 26.0 Å². The Morgan fingerprint density at radius 3 is 2.72 bits per heavy atom. The van der Waals surface area contributed by atoms with E-state index in [9.17, 15) is 9.59 Å². The first kappa shape index (κ1) is 12.2. The van der Waals surface area contributed by atoms with Gasteiger partial charge in [0.05, 0.1) is 18.4 Å². The van der Waals surface area contributed by atoms with Gasteiger partial charge in [-0.2, -0.15) is 0 Å². The summed E-state index contributed by atoms with van der Waals surface area (Å²) in [5.41, 5.74) is 0.845. The van der Waals surface area contributed by atoms with E-state index in [2.05, 4.69) is 0 Å². The summed E-state index contributed by atoms with van der Waals surface area (Å²) in [6.45, 7) is 3.48. The Bertz CT molecular complexity index is 638. The quantitative estimate of drug-likeness (QED) is 0.897. The molecule has 0 amide bonds. The second kappa shape index (κ2) is 4.52. The molecule has 2 heterocycles. The minimum absolute atomic E-state index is 0.168. The number of rotatable bonds is 3. The number of nitrogens with zero attached hydrogens (tertiary/aromatic N) is 1. The van der Waals surface area contributed by atoms with Gasteiger partial charge in [-0.25, -0.2) is 4.79 Å². The van der Waals surface area contributed by atoms with E-state index in [0.29, 0.717) is 17.0 Å². The van der Waals surface area contributed by atoms with Gasteiger partial charge in [0.15, 0.2) is 0 Å². The number of furan rings is 1. The van der Waals surface area contributed by atoms with Gasteiger partial charge in [0.2, 0.25) is 0 Å². The highest BCUT2D eigenvalue weighted by atomic mass is 16.4. The van der Waals surface area contributed by atoms with Crippen molar-refractivity contribution in [1.82, 2.24) is 4.57 Å². The maximum Gasteiger partial charge on any atom is 0.337 e. The molecule has 5 nitrogen and oxygen atoms in total. The maximum absolute atomic E-state index is 11.9. The standard InChI is InChI=1S/C13H13NO4/c1-8-6-11(15)14(7-10-4-3-5-18-10)9(2)12(8)13(16)17/h3-6H,7H2,1-2H3,(H,16,17). The Labute approximate surface area is 103 Å². The molecule has 0 fully saturated rings. The van der Waals surface area contributed by atoms with Gasteiger partial charge in [-0.15, -0.1) is 0 Å². The van der Waals surface area contributed by atoms with Gasteiger partial charge >= 0.3 is 5.97 Å². The van der Waals surface area contributed by atoms with Gasteiger partial charge in [-0.05, 0) is 31.5 Å². The molecule has 94 valence electrons. The molecule has 0 unspecified atom stereocenters. The van der Waals surface area contributed by atoms with Crippen LogP contribution in [0.1, 0.15) is 27.4 Å². The molecule has 0 bridgehead atoms. The van der Waals surface area contributed by atoms with E-state index >= 15 is 0 Å². The lowest BCUT2D eigenvalue weighted by Crippen LogP contribution is -2.25. The van der Waals surface area contributed by atoms with Gasteiger partial charge in [0.25, 0.3) is 5.56 Å². The number of aromatic carboxylic acids is 1. The number of pyridine rings is 1. The van der Waals surface area contributed by atoms with Crippen molar-refractivity contribution in [3.63, 3.8) is 0 Å². The molecule has 0 spiro atoms. The minimum Gasteiger partial charge on any atom is -0.478 e. The summed E-state index contributed by atoms with van der Waals surface area (Å²) in [6.07, 6.45) is 1.52. The molecule has 0 atom stereocenters. The third kappa shape index (κ3) is 2.07. The number of aryl methyl sites for hydroxylation is 1. The lowest BCUT2D eigenvalue weighted by atomic mass is 10.1. The zero-order valence-corrected chi connectivity index (χ0v) is 10.1. The van der Waals surface area contributed by atoms with Crippen LogP contribution in [0.5, 0.6) is 0 Å². The third-order valence-corrected chi connectivity index (χ3v) is 2.87. The van der Waals surface area contributed by atoms with Crippen LogP contribution in [0.4, 0.5) is 0 Å². The average molecular weight is 247 g/mol. The zero-order valence-electron chi connectivity index (χ0n) is 10.1. The highest BCUT2D eigenvalue weighted by molar-refractivity contribution is 5.90. The Hall–Kier alpha value is -2.30. The molecular weight excluding hydrogens is 234 g/mol. The van der Waals surface area contributed by atoms with Crippen molar-refractivity contribution in [3.05, 3.63) is 57.4 Å². The van der Waals surface area contributed by atoms with E-state index in [0.717, 1.165) is 0 Å². The second-order valence-corrected chi connectivity index (χ2v) is 4.10. The molecule has 0 aromatic carbocycles. The maximum atomic E-state index is 11.9. The van der Waals surface area contributed by atoms with Gasteiger partial charge in [0.1, 0.15) is 5.76 Å². The van der Waals surface area contributed by atoms with E-state index in [4.69, 9.17) is 9.52 Å². The molecule has 2 rings (SSSR count). The Morgan fingerprint density at radius 2 is 2.17 bits per heavy atom. The van der Waals surface area contributed by atoms with Crippen LogP contribution >= 0.6 is 0 Å². The van der Waals surface area contributed by atoms with Crippen LogP contribution in [0.15, 0.2) is 33.7 Å². The highest BCUT2D eigenvalue weighted by Crippen LogP contribution is 2.13. The fourth-order valence-corrected chi connectivity index (χ4v) is 2.00. The van der Waals surface area contributed by atoms with Crippen LogP contribution in [0.2, 0.25) is 0 Å². The molecule has 0 radical (unpaired) electrons. The molecule has 18 heavy (non-hydrogen) atoms. The molecule has 0 aliphatic carbocycles. The first-order valence-corrected chi connectivity index (χ1v) is 5.47. The summed E-state index contributed by atoms with van der Waals surface area (Å²) < 4.78 is 6.57. The minimum atomic E-state index is -1.03. The molecule has 1 N–H and O–H groups in total. The lowest BCUT2D eigenvalue weighted by molar-refractivity contribution is 0.0694. The van der Waals surface area contributed by atoms with Gasteiger partial charge < -0.3 is 14.1 Å². The fourth-order valence-electron chi connectivity index (χ4n) is 2.00. The van der Waals surface area contributed by atoms with Crippen LogP contribution in [-0.4, -0.2) is 15.6 Å². The number of hydrogen-bond acceptors (Lipinski definition) is 3. The van der Waals surface area contributed by atoms with Crippen molar-refractivity contribution in [2.45, 2.75) is 20.4 Å². The van der Waals surface area contributed by atoms with Crippen LogP contribution in [0.25, 0.3) is 0 Å². The van der Waals surface area contributed by atoms with Gasteiger partial charge in [-0.1, -0.05) is 0 Å². The number of carbonyl (C=O) groups is 1. The third-order valence-electron chi connectivity index (χ3n) is 2.87. The molecule has 5 heteroatoms. The van der Waals surface area contributed by atoms with Crippen LogP contribution in [-0.2, 0) is 6.54 Å². The van der Waals surface area contributed by atoms with Gasteiger partial charge in [0, 0.05) is 11.8 Å². The summed E-state index contributed by atoms with van der Waals surface area (Å²) in [4.78, 5) is 23.1. The number of hydrogen-bond donors (Lipinski definition) is 1. The van der Waals surface area contributed by atoms with E-state index in [1.807, 2.05) is 0 Å². The Balaban J connectivity index is 2.57. The van der Waals surface area contributed by atoms with Crippen molar-refractivity contribution in [2.75, 3.05) is 0 Å². The monoisotopic (exact) mass is 247 g/mol. The van der Waals surface area contributed by atoms with Crippen molar-refractivity contribution in [2.24, 2.45) is 0 Å². The van der Waals surface area contributed by atoms with Crippen LogP contribution < -0.4 is 5.56 Å². The number of carboxylic acids is 1. The summed E-state index contributed by atoms with van der Waals surface area (Å²) >= 11 is 0. The van der Waals surface area contributed by atoms with Crippen LogP contribution in [0.3, 0.4) is 0 Å². The smallest absolute Gasteiger partial charge is 0.337 e. The molecule has 2 aromatic heterocycles. The van der Waals surface area contributed by atoms with Gasteiger partial charge in [-0.3, -0.25) is 4.79 Å². The Morgan fingerprint density at radius 1 is 1.44 bits per heavy atom. The topological polar surface area (TPSA) is 72.4 Å². The van der Waals surface area contributed by atoms with Crippen molar-refractivity contribution < 1.29 is 14.3 Å². The SMILES string of the molecule is Cc1cc(=O)n(Cc2ccco2)c(C)c1C(=O)O. The second-order valence-electron chi connectivity index (χ2n) is 4.10. The number of aromatic nitrogens is 1. The molecule has 0 saturated heterocycles. The predicted molar refractivity (Wildman–Crippen MR) is 64.9 cm³/mol. The fraction of sp³-hybridized carbons (Fsp3) is 0.231. The first-order valence-electron chi connectivity index (χ1n) is 5.47. The summed E-state index contributed by atoms with van der Waals surface area (Å²) in [7, 11) is 0. The van der Waals surface area contributed by atoms with E-state index in [-0.39, 0.29) is 17.7 Å². The lowest BCUT2D eigenvalue weighted by Gasteiger charge is -2.12. The zero-order chi connectivity index (χ0) is 13.3. The predicted octanol–water partition coefficient (Wildman–Crippen LogP) is 1.80. The average Bonchev–Trinajstić information content (AvgIpc) is 2.75. The first-order chi connectivity index (χ1) is 8.50. The summed E-state index contributed by atoms with van der Waals surface area (Å²) in [5.74, 6) is -0.418. The van der Waals surface area contributed by atoms with Crippen molar-refractivity contribution in [1.29, 1.82) is 0 Å². The molecular formula is C13H13NO4. The number of carboxylic acid groups (broad SMARTS) is 1. The van der Waals surface area contributed by atoms with Crippen molar-refractivity contribution >= 4 is 5.97 Å². The normalized spacial score (nSPS) is 10.6. The highest BCUT2D eigenvalue weighted by Gasteiger charge is 2.16. The van der Waals surface area contributed by atoms with E-state index < -0.39 is 5.97 Å². The molecule has 0 aliphatic rings.